The highest BCUT2D eigenvalue weighted by Crippen LogP contribution is 2.54. The van der Waals surface area contributed by atoms with Crippen LogP contribution in [0.5, 0.6) is 11.5 Å². The Bertz CT molecular complexity index is 2440. The quantitative estimate of drug-likeness (QED) is 0.193. The van der Waals surface area contributed by atoms with Gasteiger partial charge in [0.25, 0.3) is 0 Å². The van der Waals surface area contributed by atoms with Crippen LogP contribution in [0, 0.1) is 20.6 Å². The van der Waals surface area contributed by atoms with Gasteiger partial charge in [0.15, 0.2) is 0 Å². The maximum Gasteiger partial charge on any atom is 0.139 e. The third kappa shape index (κ3) is 3.78. The van der Waals surface area contributed by atoms with Gasteiger partial charge in [-0.05, 0) is 99.5 Å². The molecule has 0 spiro atoms. The van der Waals surface area contributed by atoms with Gasteiger partial charge < -0.3 is 4.74 Å². The summed E-state index contributed by atoms with van der Waals surface area (Å²) in [6, 6.07) is 35.8. The molecule has 1 unspecified atom stereocenters. The van der Waals surface area contributed by atoms with Crippen LogP contribution in [0.25, 0.3) is 55.6 Å². The number of hydrogen-bond acceptors (Lipinski definition) is 1. The maximum absolute atomic E-state index is 8.87. The molecule has 0 saturated carbocycles. The van der Waals surface area contributed by atoms with Crippen LogP contribution in [0.15, 0.2) is 115 Å². The van der Waals surface area contributed by atoms with E-state index >= 15 is 0 Å². The lowest BCUT2D eigenvalue weighted by Crippen LogP contribution is -2.25. The average molecular weight is 564 g/mol. The molecule has 1 nitrogen and oxygen atoms in total. The highest BCUT2D eigenvalue weighted by Gasteiger charge is 2.36. The third-order valence-corrected chi connectivity index (χ3v) is 9.01. The molecule has 1 heterocycles. The van der Waals surface area contributed by atoms with Crippen molar-refractivity contribution in [1.29, 1.82) is 0 Å². The van der Waals surface area contributed by atoms with Gasteiger partial charge >= 0.3 is 0 Å². The van der Waals surface area contributed by atoms with E-state index in [4.69, 9.17) is 17.1 Å². The zero-order valence-corrected chi connectivity index (χ0v) is 23.9. The fourth-order valence-corrected chi connectivity index (χ4v) is 6.90. The van der Waals surface area contributed by atoms with Gasteiger partial charge in [-0.1, -0.05) is 117 Å². The van der Waals surface area contributed by atoms with Crippen molar-refractivity contribution in [2.45, 2.75) is 39.8 Å². The fraction of sp³-hybridized carbons (Fsp3) is 0.143. The molecule has 8 rings (SSSR count). The summed E-state index contributed by atoms with van der Waals surface area (Å²) in [5, 5.41) is 0. The second kappa shape index (κ2) is 9.31. The van der Waals surface area contributed by atoms with Crippen LogP contribution >= 0.6 is 0 Å². The molecule has 6 aromatic carbocycles. The van der Waals surface area contributed by atoms with Crippen molar-refractivity contribution in [1.82, 2.24) is 0 Å². The van der Waals surface area contributed by atoms with Gasteiger partial charge in [0.1, 0.15) is 11.5 Å². The van der Waals surface area contributed by atoms with Gasteiger partial charge in [-0.25, -0.2) is 0 Å². The lowest BCUT2D eigenvalue weighted by atomic mass is 9.73. The smallest absolute Gasteiger partial charge is 0.139 e. The van der Waals surface area contributed by atoms with E-state index < -0.39 is 26.0 Å². The highest BCUT2D eigenvalue weighted by molar-refractivity contribution is 6.04. The van der Waals surface area contributed by atoms with Crippen molar-refractivity contribution < 1.29 is 17.1 Å². The molecule has 1 atom stereocenters. The molecule has 208 valence electrons. The number of aryl methyl sites for hydroxylation is 3. The van der Waals surface area contributed by atoms with E-state index in [0.29, 0.717) is 27.8 Å². The number of benzene rings is 6. The minimum Gasteiger partial charge on any atom is -0.456 e. The summed E-state index contributed by atoms with van der Waals surface area (Å²) in [6.45, 7) is -4.16. The Hall–Kier alpha value is -4.88. The standard InChI is InChI=1S/C42H34O/c1-25-18-20-37-39(22-25)43-41-38(42(37,4)5)21-19-26(2)40(41)34-24-36-33-17-11-9-15-31(33)29-13-7-6-12-28(29)30-14-8-10-16-32(30)35(36)23-27(34)3/h6-24H,1-5H3/i1D3,3D3,4D3. The van der Waals surface area contributed by atoms with Crippen LogP contribution in [0.3, 0.4) is 0 Å². The Kier molecular flexibility index (Phi) is 3.88. The van der Waals surface area contributed by atoms with Gasteiger partial charge in [-0.2, -0.15) is 0 Å². The first-order valence-electron chi connectivity index (χ1n) is 18.9. The van der Waals surface area contributed by atoms with Crippen LogP contribution in [0.1, 0.15) is 53.9 Å². The summed E-state index contributed by atoms with van der Waals surface area (Å²) in [6.07, 6.45) is 0. The molecule has 6 aromatic rings. The lowest BCUT2D eigenvalue weighted by Gasteiger charge is -2.36. The molecule has 43 heavy (non-hydrogen) atoms. The van der Waals surface area contributed by atoms with Crippen molar-refractivity contribution in [3.8, 4) is 67.1 Å². The third-order valence-electron chi connectivity index (χ3n) is 9.01. The second-order valence-electron chi connectivity index (χ2n) is 11.7. The van der Waals surface area contributed by atoms with Gasteiger partial charge in [0.2, 0.25) is 0 Å². The summed E-state index contributed by atoms with van der Waals surface area (Å²) < 4.78 is 83.7. The number of fused-ring (bicyclic) bond motifs is 10. The minimum atomic E-state index is -2.58. The lowest BCUT2D eigenvalue weighted by molar-refractivity contribution is 0.419. The Morgan fingerprint density at radius 3 is 1.65 bits per heavy atom. The van der Waals surface area contributed by atoms with E-state index in [0.717, 1.165) is 44.5 Å². The molecular weight excluding hydrogens is 520 g/mol. The summed E-state index contributed by atoms with van der Waals surface area (Å²) in [4.78, 5) is 0. The molecule has 2 aliphatic rings. The first-order chi connectivity index (χ1) is 24.5. The van der Waals surface area contributed by atoms with Gasteiger partial charge in [-0.3, -0.25) is 0 Å². The van der Waals surface area contributed by atoms with Crippen molar-refractivity contribution in [2.24, 2.45) is 0 Å². The molecular formula is C42H34O. The van der Waals surface area contributed by atoms with Crippen molar-refractivity contribution in [3.05, 3.63) is 143 Å². The molecule has 0 fully saturated rings. The van der Waals surface area contributed by atoms with Crippen LogP contribution < -0.4 is 4.74 Å². The second-order valence-corrected chi connectivity index (χ2v) is 11.7. The van der Waals surface area contributed by atoms with Gasteiger partial charge in [-0.15, -0.1) is 0 Å². The summed E-state index contributed by atoms with van der Waals surface area (Å²) >= 11 is 0. The van der Waals surface area contributed by atoms with E-state index in [1.54, 1.807) is 19.1 Å². The molecule has 0 bridgehead atoms. The molecule has 1 aliphatic carbocycles. The Balaban J connectivity index is 1.49. The Labute approximate surface area is 267 Å². The van der Waals surface area contributed by atoms with E-state index in [-0.39, 0.29) is 22.6 Å². The Morgan fingerprint density at radius 2 is 1.09 bits per heavy atom. The van der Waals surface area contributed by atoms with Gasteiger partial charge in [0, 0.05) is 34.4 Å². The van der Waals surface area contributed by atoms with E-state index in [9.17, 15) is 0 Å². The molecule has 0 radical (unpaired) electrons. The normalized spacial score (nSPS) is 19.8. The first-order valence-corrected chi connectivity index (χ1v) is 14.4. The maximum atomic E-state index is 8.87. The van der Waals surface area contributed by atoms with Crippen molar-refractivity contribution in [2.75, 3.05) is 0 Å². The van der Waals surface area contributed by atoms with Crippen LogP contribution in [-0.2, 0) is 5.41 Å². The minimum absolute atomic E-state index is 0.0108. The van der Waals surface area contributed by atoms with E-state index in [1.807, 2.05) is 67.6 Å². The molecule has 0 saturated heterocycles. The monoisotopic (exact) mass is 563 g/mol. The molecule has 1 heteroatoms. The molecule has 0 N–H and O–H groups in total. The zero-order chi connectivity index (χ0) is 37.0. The number of ether oxygens (including phenoxy) is 1. The molecule has 1 aliphatic heterocycles. The summed E-state index contributed by atoms with van der Waals surface area (Å²) in [5.74, 6) is 0.313. The fourth-order valence-electron chi connectivity index (χ4n) is 6.90. The van der Waals surface area contributed by atoms with Crippen molar-refractivity contribution in [3.63, 3.8) is 0 Å². The van der Waals surface area contributed by atoms with Crippen LogP contribution in [0.4, 0.5) is 0 Å². The largest absolute Gasteiger partial charge is 0.456 e. The highest BCUT2D eigenvalue weighted by atomic mass is 16.5. The predicted octanol–water partition coefficient (Wildman–Crippen LogP) is 11.7. The van der Waals surface area contributed by atoms with Crippen LogP contribution in [-0.4, -0.2) is 0 Å². The molecule has 0 amide bonds. The van der Waals surface area contributed by atoms with Crippen molar-refractivity contribution >= 4 is 0 Å². The average Bonchev–Trinajstić information content (AvgIpc) is 3.09. The van der Waals surface area contributed by atoms with Gasteiger partial charge in [0.05, 0.1) is 0 Å². The number of hydrogen-bond donors (Lipinski definition) is 0. The van der Waals surface area contributed by atoms with Crippen LogP contribution in [0.2, 0.25) is 0 Å². The SMILES string of the molecule is [2H]C([2H])([2H])c1ccc2c(c1)Oc1c(ccc(C)c1-c1cc3c(cc1C([2H])([2H])[2H])-c1ccccc1-c1ccccc1-c1ccccc1-3)C2(C)C([2H])([2H])[2H]. The topological polar surface area (TPSA) is 9.23 Å². The Morgan fingerprint density at radius 1 is 0.535 bits per heavy atom. The molecule has 0 aromatic heterocycles. The van der Waals surface area contributed by atoms with E-state index in [2.05, 4.69) is 24.3 Å². The van der Waals surface area contributed by atoms with E-state index in [1.165, 1.54) is 18.2 Å². The predicted molar refractivity (Wildman–Crippen MR) is 180 cm³/mol. The summed E-state index contributed by atoms with van der Waals surface area (Å²) in [5.41, 5.74) is 8.14. The summed E-state index contributed by atoms with van der Waals surface area (Å²) in [7, 11) is 0. The number of rotatable bonds is 1. The zero-order valence-electron chi connectivity index (χ0n) is 32.9. The first kappa shape index (κ1) is 17.9.